The van der Waals surface area contributed by atoms with Crippen molar-refractivity contribution in [3.63, 3.8) is 0 Å². The van der Waals surface area contributed by atoms with Crippen molar-refractivity contribution in [2.45, 2.75) is 109 Å². The third-order valence-electron chi connectivity index (χ3n) is 9.03. The first kappa shape index (κ1) is 29.3. The number of hydrogen-bond acceptors (Lipinski definition) is 5. The van der Waals surface area contributed by atoms with Gasteiger partial charge in [-0.2, -0.15) is 0 Å². The molecule has 0 spiro atoms. The molecular weight excluding hydrogens is 518 g/mol. The molecule has 1 aromatic carbocycles. The molecule has 2 N–H and O–H groups in total. The number of urea groups is 1. The molecule has 3 fully saturated rings. The van der Waals surface area contributed by atoms with Gasteiger partial charge in [-0.1, -0.05) is 63.4 Å². The molecule has 3 aliphatic rings. The average molecular weight is 564 g/mol. The minimum absolute atomic E-state index is 0.00234. The van der Waals surface area contributed by atoms with Gasteiger partial charge in [0.05, 0.1) is 30.7 Å². The lowest BCUT2D eigenvalue weighted by atomic mass is 9.83. The lowest BCUT2D eigenvalue weighted by Crippen LogP contribution is -2.63. The summed E-state index contributed by atoms with van der Waals surface area (Å²) in [5.74, 6) is 0.106. The summed E-state index contributed by atoms with van der Waals surface area (Å²) in [5, 5.41) is 3.10. The maximum absolute atomic E-state index is 14.2. The van der Waals surface area contributed by atoms with Crippen molar-refractivity contribution < 1.29 is 19.1 Å². The van der Waals surface area contributed by atoms with E-state index in [1.165, 1.54) is 0 Å². The summed E-state index contributed by atoms with van der Waals surface area (Å²) in [7, 11) is 0. The van der Waals surface area contributed by atoms with Gasteiger partial charge in [-0.05, 0) is 50.5 Å². The zero-order valence-electron chi connectivity index (χ0n) is 24.7. The number of rotatable bonds is 9. The topological polar surface area (TPSA) is 108 Å². The van der Waals surface area contributed by atoms with E-state index in [1.54, 1.807) is 16.1 Å². The van der Waals surface area contributed by atoms with Gasteiger partial charge in [0.15, 0.2) is 5.78 Å². The molecule has 1 aromatic heterocycles. The largest absolute Gasteiger partial charge is 0.364 e. The molecule has 3 saturated heterocycles. The van der Waals surface area contributed by atoms with E-state index in [0.29, 0.717) is 38.9 Å². The Hall–Kier alpha value is -3.20. The third kappa shape index (κ3) is 6.66. The predicted molar refractivity (Wildman–Crippen MR) is 156 cm³/mol. The molecule has 4 atom stereocenters. The average Bonchev–Trinajstić information content (AvgIpc) is 3.57. The molecule has 41 heavy (non-hydrogen) atoms. The van der Waals surface area contributed by atoms with Crippen LogP contribution in [0.5, 0.6) is 0 Å². The van der Waals surface area contributed by atoms with E-state index in [-0.39, 0.29) is 29.7 Å². The van der Waals surface area contributed by atoms with Crippen LogP contribution in [0, 0.1) is 12.8 Å². The van der Waals surface area contributed by atoms with Crippen LogP contribution in [0.1, 0.15) is 82.2 Å². The number of nitrogens with one attached hydrogen (secondary N) is 2. The summed E-state index contributed by atoms with van der Waals surface area (Å²) in [5.41, 5.74) is 1.93. The summed E-state index contributed by atoms with van der Waals surface area (Å²) in [4.78, 5) is 52.9. The molecule has 9 heteroatoms. The molecule has 9 nitrogen and oxygen atoms in total. The predicted octanol–water partition coefficient (Wildman–Crippen LogP) is 4.55. The van der Waals surface area contributed by atoms with Crippen LogP contribution in [0.4, 0.5) is 4.79 Å². The van der Waals surface area contributed by atoms with Gasteiger partial charge in [0.2, 0.25) is 5.91 Å². The van der Waals surface area contributed by atoms with Gasteiger partial charge in [0.1, 0.15) is 11.6 Å². The summed E-state index contributed by atoms with van der Waals surface area (Å²) in [6.45, 7) is 7.25. The Morgan fingerprint density at radius 3 is 2.66 bits per heavy atom. The Bertz CT molecular complexity index is 1210. The number of benzene rings is 1. The standard InChI is InChI=1S/C32H45N5O4/c1-22(2)18-26(29(38)32-14-9-5-8-12-25(41-32)13-15-32)35-31(40)37-17-16-36(20-27-23(3)33-21-34-27)30(39)28(37)19-24-10-6-4-7-11-24/h4,6-7,10-11,21-22,25-26,28H,5,8-9,12-20H2,1-3H3,(H,33,34)(H,35,40)/t25?,26-,28-,32?/m0/s1. The minimum atomic E-state index is -0.808. The lowest BCUT2D eigenvalue weighted by molar-refractivity contribution is -0.148. The van der Waals surface area contributed by atoms with Crippen molar-refractivity contribution in [3.8, 4) is 0 Å². The number of amides is 3. The minimum Gasteiger partial charge on any atom is -0.364 e. The zero-order chi connectivity index (χ0) is 29.0. The molecule has 2 aromatic rings. The van der Waals surface area contributed by atoms with Crippen LogP contribution in [0.25, 0.3) is 0 Å². The Morgan fingerprint density at radius 2 is 1.93 bits per heavy atom. The number of fused-ring (bicyclic) bond motifs is 2. The second kappa shape index (κ2) is 12.8. The molecule has 5 rings (SSSR count). The monoisotopic (exact) mass is 563 g/mol. The number of imidazole rings is 1. The number of aromatic amines is 1. The highest BCUT2D eigenvalue weighted by molar-refractivity contribution is 5.96. The van der Waals surface area contributed by atoms with Gasteiger partial charge in [-0.3, -0.25) is 9.59 Å². The van der Waals surface area contributed by atoms with Gasteiger partial charge in [0, 0.05) is 25.2 Å². The molecule has 0 aliphatic carbocycles. The number of carbonyl (C=O) groups excluding carboxylic acids is 3. The second-order valence-electron chi connectivity index (χ2n) is 12.5. The van der Waals surface area contributed by atoms with Crippen LogP contribution in [0.15, 0.2) is 36.7 Å². The van der Waals surface area contributed by atoms with Crippen molar-refractivity contribution in [3.05, 3.63) is 53.6 Å². The molecule has 4 heterocycles. The van der Waals surface area contributed by atoms with Crippen LogP contribution in [0.3, 0.4) is 0 Å². The molecule has 0 saturated carbocycles. The molecule has 2 unspecified atom stereocenters. The molecular formula is C32H45N5O4. The normalized spacial score (nSPS) is 25.6. The van der Waals surface area contributed by atoms with E-state index in [1.807, 2.05) is 37.3 Å². The number of H-pyrrole nitrogens is 1. The number of carbonyl (C=O) groups is 3. The van der Waals surface area contributed by atoms with Gasteiger partial charge in [0.25, 0.3) is 0 Å². The first-order chi connectivity index (χ1) is 19.8. The maximum Gasteiger partial charge on any atom is 0.318 e. The second-order valence-corrected chi connectivity index (χ2v) is 12.5. The van der Waals surface area contributed by atoms with Gasteiger partial charge < -0.3 is 24.8 Å². The van der Waals surface area contributed by atoms with Crippen molar-refractivity contribution in [2.24, 2.45) is 5.92 Å². The summed E-state index contributed by atoms with van der Waals surface area (Å²) >= 11 is 0. The summed E-state index contributed by atoms with van der Waals surface area (Å²) < 4.78 is 6.45. The Kier molecular flexibility index (Phi) is 9.12. The van der Waals surface area contributed by atoms with E-state index in [9.17, 15) is 14.4 Å². The van der Waals surface area contributed by atoms with Gasteiger partial charge in [-0.15, -0.1) is 0 Å². The molecule has 222 valence electrons. The van der Waals surface area contributed by atoms with Crippen molar-refractivity contribution >= 4 is 17.7 Å². The number of aromatic nitrogens is 2. The quantitative estimate of drug-likeness (QED) is 0.466. The van der Waals surface area contributed by atoms with Crippen LogP contribution in [-0.2, 0) is 27.3 Å². The Morgan fingerprint density at radius 1 is 1.12 bits per heavy atom. The Labute approximate surface area is 243 Å². The van der Waals surface area contributed by atoms with E-state index in [0.717, 1.165) is 55.5 Å². The number of piperazine rings is 1. The third-order valence-corrected chi connectivity index (χ3v) is 9.03. The van der Waals surface area contributed by atoms with Crippen LogP contribution in [0.2, 0.25) is 0 Å². The van der Waals surface area contributed by atoms with Crippen molar-refractivity contribution in [1.82, 2.24) is 25.1 Å². The first-order valence-electron chi connectivity index (χ1n) is 15.4. The number of aryl methyl sites for hydroxylation is 1. The van der Waals surface area contributed by atoms with E-state index >= 15 is 0 Å². The molecule has 0 radical (unpaired) electrons. The SMILES string of the molecule is Cc1[nH]cnc1CN1CCN(C(=O)N[C@@H](CC(C)C)C(=O)C23CCCCCC(CC2)O3)[C@@H](Cc2ccccc2)C1=O. The first-order valence-corrected chi connectivity index (χ1v) is 15.4. The van der Waals surface area contributed by atoms with E-state index in [2.05, 4.69) is 29.1 Å². The zero-order valence-corrected chi connectivity index (χ0v) is 24.7. The number of hydrogen-bond donors (Lipinski definition) is 2. The van der Waals surface area contributed by atoms with E-state index < -0.39 is 17.7 Å². The number of ketones is 1. The number of nitrogens with zero attached hydrogens (tertiary/aromatic N) is 3. The molecule has 2 bridgehead atoms. The maximum atomic E-state index is 14.2. The highest BCUT2D eigenvalue weighted by atomic mass is 16.5. The summed E-state index contributed by atoms with van der Waals surface area (Å²) in [6.07, 6.45) is 9.27. The smallest absolute Gasteiger partial charge is 0.318 e. The Balaban J connectivity index is 1.36. The van der Waals surface area contributed by atoms with Gasteiger partial charge >= 0.3 is 6.03 Å². The summed E-state index contributed by atoms with van der Waals surface area (Å²) in [6, 6.07) is 8.10. The molecule has 3 amide bonds. The van der Waals surface area contributed by atoms with Crippen molar-refractivity contribution in [2.75, 3.05) is 13.1 Å². The molecule has 3 aliphatic heterocycles. The fourth-order valence-corrected chi connectivity index (χ4v) is 6.74. The van der Waals surface area contributed by atoms with Crippen molar-refractivity contribution in [1.29, 1.82) is 0 Å². The van der Waals surface area contributed by atoms with Crippen LogP contribution < -0.4 is 5.32 Å². The number of ether oxygens (including phenoxy) is 1. The lowest BCUT2D eigenvalue weighted by Gasteiger charge is -2.41. The van der Waals surface area contributed by atoms with E-state index in [4.69, 9.17) is 4.74 Å². The van der Waals surface area contributed by atoms with Gasteiger partial charge in [-0.25, -0.2) is 9.78 Å². The fourth-order valence-electron chi connectivity index (χ4n) is 6.74. The van der Waals surface area contributed by atoms with Crippen LogP contribution in [-0.4, -0.2) is 74.4 Å². The fraction of sp³-hybridized carbons (Fsp3) is 0.625. The highest BCUT2D eigenvalue weighted by Gasteiger charge is 2.49. The highest BCUT2D eigenvalue weighted by Crippen LogP contribution is 2.40. The number of Topliss-reactive ketones (excluding diaryl/α,β-unsaturated/α-hetero) is 1. The van der Waals surface area contributed by atoms with Crippen LogP contribution >= 0.6 is 0 Å².